The minimum atomic E-state index is -0.918. The lowest BCUT2D eigenvalue weighted by Crippen LogP contribution is -2.35. The van der Waals surface area contributed by atoms with Crippen LogP contribution in [0.25, 0.3) is 0 Å². The standard InChI is InChI=1S/C15H26O2Si/c1-14(8-13-18(2)11-5-12-18)7-10-17-15-6-3-4-9-16-15/h7-8,13,15H,3-6,9-12H2,1-2H3/b13-8+,14-7+. The van der Waals surface area contributed by atoms with E-state index in [2.05, 4.69) is 31.3 Å². The maximum atomic E-state index is 5.70. The zero-order chi connectivity index (χ0) is 12.8. The fourth-order valence-corrected chi connectivity index (χ4v) is 4.90. The Hall–Kier alpha value is -0.383. The molecule has 0 radical (unpaired) electrons. The Morgan fingerprint density at radius 2 is 2.17 bits per heavy atom. The SMILES string of the molecule is CC(/C=C/[Si]1(C)CCC1)=C\COC1CCCCO1. The van der Waals surface area contributed by atoms with Crippen LogP contribution in [0.15, 0.2) is 23.4 Å². The topological polar surface area (TPSA) is 18.5 Å². The summed E-state index contributed by atoms with van der Waals surface area (Å²) in [7, 11) is -0.918. The predicted octanol–water partition coefficient (Wildman–Crippen LogP) is 4.05. The molecule has 2 saturated heterocycles. The van der Waals surface area contributed by atoms with Gasteiger partial charge in [-0.2, -0.15) is 0 Å². The highest BCUT2D eigenvalue weighted by atomic mass is 28.3. The Bertz CT molecular complexity index is 312. The van der Waals surface area contributed by atoms with Crippen molar-refractivity contribution in [1.29, 1.82) is 0 Å². The molecule has 0 bridgehead atoms. The first-order valence-electron chi connectivity index (χ1n) is 7.27. The van der Waals surface area contributed by atoms with E-state index in [0.29, 0.717) is 6.61 Å². The van der Waals surface area contributed by atoms with Crippen LogP contribution in [0, 0.1) is 0 Å². The molecule has 102 valence electrons. The van der Waals surface area contributed by atoms with Crippen molar-refractivity contribution in [2.45, 2.75) is 57.5 Å². The number of hydrogen-bond acceptors (Lipinski definition) is 2. The summed E-state index contributed by atoms with van der Waals surface area (Å²) in [6, 6.07) is 2.95. The van der Waals surface area contributed by atoms with Gasteiger partial charge in [-0.3, -0.25) is 0 Å². The smallest absolute Gasteiger partial charge is 0.157 e. The average Bonchev–Trinajstić information content (AvgIpc) is 2.35. The lowest BCUT2D eigenvalue weighted by atomic mass is 10.2. The summed E-state index contributed by atoms with van der Waals surface area (Å²) in [5, 5.41) is 0. The average molecular weight is 266 g/mol. The maximum Gasteiger partial charge on any atom is 0.157 e. The molecule has 0 aromatic heterocycles. The van der Waals surface area contributed by atoms with E-state index in [1.54, 1.807) is 0 Å². The number of hydrogen-bond donors (Lipinski definition) is 0. The second-order valence-corrected chi connectivity index (χ2v) is 10.6. The minimum Gasteiger partial charge on any atom is -0.353 e. The van der Waals surface area contributed by atoms with E-state index in [-0.39, 0.29) is 6.29 Å². The largest absolute Gasteiger partial charge is 0.353 e. The van der Waals surface area contributed by atoms with E-state index in [9.17, 15) is 0 Å². The van der Waals surface area contributed by atoms with Gasteiger partial charge in [0.15, 0.2) is 6.29 Å². The highest BCUT2D eigenvalue weighted by Crippen LogP contribution is 2.33. The summed E-state index contributed by atoms with van der Waals surface area (Å²) in [6.07, 6.45) is 9.41. The first-order chi connectivity index (χ1) is 8.68. The van der Waals surface area contributed by atoms with E-state index in [4.69, 9.17) is 9.47 Å². The fraction of sp³-hybridized carbons (Fsp3) is 0.733. The fourth-order valence-electron chi connectivity index (χ4n) is 2.43. The summed E-state index contributed by atoms with van der Waals surface area (Å²) < 4.78 is 11.2. The van der Waals surface area contributed by atoms with Gasteiger partial charge in [-0.05, 0) is 26.2 Å². The van der Waals surface area contributed by atoms with E-state index in [1.165, 1.54) is 36.9 Å². The third-order valence-corrected chi connectivity index (χ3v) is 8.03. The van der Waals surface area contributed by atoms with E-state index < -0.39 is 8.07 Å². The van der Waals surface area contributed by atoms with Crippen LogP contribution in [0.5, 0.6) is 0 Å². The maximum absolute atomic E-state index is 5.70. The van der Waals surface area contributed by atoms with Crippen LogP contribution in [0.4, 0.5) is 0 Å². The zero-order valence-electron chi connectivity index (χ0n) is 11.8. The molecule has 3 heteroatoms. The van der Waals surface area contributed by atoms with Crippen molar-refractivity contribution >= 4 is 8.07 Å². The Balaban J connectivity index is 1.68. The van der Waals surface area contributed by atoms with Crippen LogP contribution in [0.3, 0.4) is 0 Å². The molecule has 0 N–H and O–H groups in total. The molecule has 2 aliphatic rings. The molecule has 18 heavy (non-hydrogen) atoms. The lowest BCUT2D eigenvalue weighted by molar-refractivity contribution is -0.155. The third-order valence-electron chi connectivity index (χ3n) is 4.07. The highest BCUT2D eigenvalue weighted by molar-refractivity contribution is 6.85. The third kappa shape index (κ3) is 4.37. The van der Waals surface area contributed by atoms with Crippen LogP contribution >= 0.6 is 0 Å². The van der Waals surface area contributed by atoms with Crippen LogP contribution < -0.4 is 0 Å². The molecule has 2 rings (SSSR count). The summed E-state index contributed by atoms with van der Waals surface area (Å²) in [5.41, 5.74) is 3.82. The van der Waals surface area contributed by atoms with Crippen molar-refractivity contribution in [2.24, 2.45) is 0 Å². The van der Waals surface area contributed by atoms with Crippen molar-refractivity contribution in [3.8, 4) is 0 Å². The van der Waals surface area contributed by atoms with Crippen LogP contribution in [-0.2, 0) is 9.47 Å². The summed E-state index contributed by atoms with van der Waals surface area (Å²) >= 11 is 0. The van der Waals surface area contributed by atoms with Crippen LogP contribution in [0.1, 0.15) is 32.6 Å². The molecule has 0 spiro atoms. The van der Waals surface area contributed by atoms with Crippen LogP contribution in [0.2, 0.25) is 18.6 Å². The summed E-state index contributed by atoms with van der Waals surface area (Å²) in [6.45, 7) is 6.18. The van der Waals surface area contributed by atoms with Crippen molar-refractivity contribution in [1.82, 2.24) is 0 Å². The van der Waals surface area contributed by atoms with Crippen molar-refractivity contribution in [3.63, 3.8) is 0 Å². The van der Waals surface area contributed by atoms with E-state index in [0.717, 1.165) is 13.0 Å². The van der Waals surface area contributed by atoms with Gasteiger partial charge in [-0.25, -0.2) is 0 Å². The van der Waals surface area contributed by atoms with Gasteiger partial charge in [0.1, 0.15) is 0 Å². The van der Waals surface area contributed by atoms with Gasteiger partial charge in [0.2, 0.25) is 0 Å². The van der Waals surface area contributed by atoms with Crippen molar-refractivity contribution in [3.05, 3.63) is 23.4 Å². The Kier molecular flexibility index (Phi) is 5.21. The van der Waals surface area contributed by atoms with Crippen molar-refractivity contribution in [2.75, 3.05) is 13.2 Å². The van der Waals surface area contributed by atoms with Gasteiger partial charge in [-0.15, -0.1) is 0 Å². The Morgan fingerprint density at radius 1 is 1.33 bits per heavy atom. The Morgan fingerprint density at radius 3 is 2.78 bits per heavy atom. The molecule has 2 heterocycles. The number of allylic oxidation sites excluding steroid dienone is 2. The molecule has 0 aliphatic carbocycles. The molecule has 2 fully saturated rings. The molecule has 0 aromatic rings. The first-order valence-corrected chi connectivity index (χ1v) is 10.3. The summed E-state index contributed by atoms with van der Waals surface area (Å²) in [4.78, 5) is 0. The number of rotatable bonds is 5. The quantitative estimate of drug-likeness (QED) is 0.552. The van der Waals surface area contributed by atoms with Gasteiger partial charge in [0, 0.05) is 6.61 Å². The molecule has 0 aromatic carbocycles. The molecule has 0 amide bonds. The molecule has 1 unspecified atom stereocenters. The molecular weight excluding hydrogens is 240 g/mol. The number of ether oxygens (including phenoxy) is 2. The van der Waals surface area contributed by atoms with Gasteiger partial charge >= 0.3 is 0 Å². The van der Waals surface area contributed by atoms with Gasteiger partial charge in [0.05, 0.1) is 14.7 Å². The molecule has 2 nitrogen and oxygen atoms in total. The monoisotopic (exact) mass is 266 g/mol. The molecule has 0 saturated carbocycles. The molecular formula is C15H26O2Si. The first kappa shape index (κ1) is 14.0. The van der Waals surface area contributed by atoms with Gasteiger partial charge < -0.3 is 9.47 Å². The van der Waals surface area contributed by atoms with E-state index >= 15 is 0 Å². The highest BCUT2D eigenvalue weighted by Gasteiger charge is 2.30. The normalized spacial score (nSPS) is 28.3. The Labute approximate surface area is 112 Å². The van der Waals surface area contributed by atoms with Gasteiger partial charge in [0.25, 0.3) is 0 Å². The summed E-state index contributed by atoms with van der Waals surface area (Å²) in [5.74, 6) is 0. The molecule has 1 atom stereocenters. The second kappa shape index (κ2) is 6.69. The van der Waals surface area contributed by atoms with Crippen molar-refractivity contribution < 1.29 is 9.47 Å². The zero-order valence-corrected chi connectivity index (χ0v) is 12.8. The van der Waals surface area contributed by atoms with E-state index in [1.807, 2.05) is 0 Å². The predicted molar refractivity (Wildman–Crippen MR) is 78.3 cm³/mol. The molecule has 2 aliphatic heterocycles. The van der Waals surface area contributed by atoms with Crippen LogP contribution in [-0.4, -0.2) is 27.6 Å². The minimum absolute atomic E-state index is 0.0327. The second-order valence-electron chi connectivity index (χ2n) is 5.92. The lowest BCUT2D eigenvalue weighted by Gasteiger charge is -2.33. The van der Waals surface area contributed by atoms with Gasteiger partial charge in [-0.1, -0.05) is 48.5 Å².